The molecule has 2 rings (SSSR count). The average molecular weight is 274 g/mol. The second-order valence-corrected chi connectivity index (χ2v) is 4.08. The lowest BCUT2D eigenvalue weighted by molar-refractivity contribution is -0.0578. The van der Waals surface area contributed by atoms with Crippen molar-refractivity contribution >= 4 is 0 Å². The summed E-state index contributed by atoms with van der Waals surface area (Å²) in [6, 6.07) is 1.01. The Labute approximate surface area is 106 Å². The van der Waals surface area contributed by atoms with Gasteiger partial charge >= 0.3 is 5.69 Å². The highest BCUT2D eigenvalue weighted by Gasteiger charge is 2.44. The minimum atomic E-state index is -1.44. The van der Waals surface area contributed by atoms with Gasteiger partial charge in [0.2, 0.25) is 5.88 Å². The molecule has 9 heteroatoms. The number of aliphatic hydroxyl groups excluding tert-OH is 3. The lowest BCUT2D eigenvalue weighted by Gasteiger charge is -2.19. The molecule has 19 heavy (non-hydrogen) atoms. The van der Waals surface area contributed by atoms with Crippen molar-refractivity contribution in [1.29, 1.82) is 0 Å². The zero-order valence-corrected chi connectivity index (χ0v) is 10.0. The van der Waals surface area contributed by atoms with Crippen LogP contribution in [0.15, 0.2) is 15.7 Å². The first kappa shape index (κ1) is 13.7. The van der Waals surface area contributed by atoms with Gasteiger partial charge in [0.15, 0.2) is 6.23 Å². The van der Waals surface area contributed by atoms with Crippen LogP contribution in [0.4, 0.5) is 0 Å². The summed E-state index contributed by atoms with van der Waals surface area (Å²) in [7, 11) is 1.24. The minimum Gasteiger partial charge on any atom is -0.482 e. The first-order chi connectivity index (χ1) is 8.99. The lowest BCUT2D eigenvalue weighted by Crippen LogP contribution is -2.38. The molecule has 1 aromatic heterocycles. The Morgan fingerprint density at radius 3 is 2.63 bits per heavy atom. The number of aromatic nitrogens is 2. The van der Waals surface area contributed by atoms with E-state index in [4.69, 9.17) is 14.6 Å². The van der Waals surface area contributed by atoms with E-state index in [0.29, 0.717) is 0 Å². The van der Waals surface area contributed by atoms with Gasteiger partial charge in [0.05, 0.1) is 19.8 Å². The Morgan fingerprint density at radius 1 is 1.42 bits per heavy atom. The van der Waals surface area contributed by atoms with Crippen molar-refractivity contribution in [3.63, 3.8) is 0 Å². The van der Waals surface area contributed by atoms with Crippen LogP contribution in [0.25, 0.3) is 0 Å². The average Bonchev–Trinajstić information content (AvgIpc) is 2.65. The molecule has 1 aliphatic heterocycles. The van der Waals surface area contributed by atoms with E-state index in [1.165, 1.54) is 7.11 Å². The lowest BCUT2D eigenvalue weighted by atomic mass is 10.1. The topological polar surface area (TPSA) is 134 Å². The zero-order valence-electron chi connectivity index (χ0n) is 10.0. The van der Waals surface area contributed by atoms with E-state index in [1.807, 2.05) is 4.98 Å². The summed E-state index contributed by atoms with van der Waals surface area (Å²) in [5.74, 6) is -0.122. The fraction of sp³-hybridized carbons (Fsp3) is 0.600. The summed E-state index contributed by atoms with van der Waals surface area (Å²) in [4.78, 5) is 24.9. The molecule has 1 saturated heterocycles. The first-order valence-electron chi connectivity index (χ1n) is 5.52. The molecular weight excluding hydrogens is 260 g/mol. The van der Waals surface area contributed by atoms with E-state index < -0.39 is 42.4 Å². The van der Waals surface area contributed by atoms with Gasteiger partial charge in [-0.3, -0.25) is 9.78 Å². The standard InChI is InChI=1S/C10H14N2O7/c1-18-6-2-5(14)11-10(17)12(6)9-8(16)7(15)4(3-13)19-9/h2,4,7-9,13,15-16H,3H2,1H3,(H,11,14,17)/t4-,7-,8-,9-/m1/s1. The van der Waals surface area contributed by atoms with Crippen molar-refractivity contribution in [2.24, 2.45) is 0 Å². The second kappa shape index (κ2) is 5.13. The highest BCUT2D eigenvalue weighted by molar-refractivity contribution is 5.10. The first-order valence-corrected chi connectivity index (χ1v) is 5.52. The molecule has 9 nitrogen and oxygen atoms in total. The third kappa shape index (κ3) is 2.28. The number of aliphatic hydroxyl groups is 3. The van der Waals surface area contributed by atoms with E-state index in [2.05, 4.69) is 0 Å². The van der Waals surface area contributed by atoms with Gasteiger partial charge in [0.25, 0.3) is 5.56 Å². The quantitative estimate of drug-likeness (QED) is 0.466. The fourth-order valence-corrected chi connectivity index (χ4v) is 1.98. The number of rotatable bonds is 3. The van der Waals surface area contributed by atoms with Gasteiger partial charge in [-0.2, -0.15) is 0 Å². The van der Waals surface area contributed by atoms with Crippen molar-refractivity contribution < 1.29 is 24.8 Å². The Balaban J connectivity index is 2.48. The minimum absolute atomic E-state index is 0.122. The van der Waals surface area contributed by atoms with E-state index in [1.54, 1.807) is 0 Å². The van der Waals surface area contributed by atoms with E-state index in [0.717, 1.165) is 10.6 Å². The second-order valence-electron chi connectivity index (χ2n) is 4.08. The molecule has 4 N–H and O–H groups in total. The largest absolute Gasteiger partial charge is 0.482 e. The molecule has 0 amide bonds. The van der Waals surface area contributed by atoms with Crippen LogP contribution in [-0.2, 0) is 4.74 Å². The van der Waals surface area contributed by atoms with Crippen molar-refractivity contribution in [3.8, 4) is 5.88 Å². The van der Waals surface area contributed by atoms with Crippen molar-refractivity contribution in [3.05, 3.63) is 26.9 Å². The zero-order chi connectivity index (χ0) is 14.2. The van der Waals surface area contributed by atoms with Gasteiger partial charge in [0, 0.05) is 0 Å². The van der Waals surface area contributed by atoms with Gasteiger partial charge in [0.1, 0.15) is 18.3 Å². The summed E-state index contributed by atoms with van der Waals surface area (Å²) in [6.07, 6.45) is -5.07. The van der Waals surface area contributed by atoms with Gasteiger partial charge in [-0.1, -0.05) is 0 Å². The maximum absolute atomic E-state index is 11.7. The van der Waals surface area contributed by atoms with Crippen LogP contribution >= 0.6 is 0 Å². The van der Waals surface area contributed by atoms with Crippen molar-refractivity contribution in [2.45, 2.75) is 24.5 Å². The molecule has 0 saturated carbocycles. The summed E-state index contributed by atoms with van der Waals surface area (Å²) in [5.41, 5.74) is -1.51. The van der Waals surface area contributed by atoms with Gasteiger partial charge in [-0.25, -0.2) is 9.36 Å². The molecule has 106 valence electrons. The molecule has 0 aliphatic carbocycles. The highest BCUT2D eigenvalue weighted by Crippen LogP contribution is 2.30. The molecule has 0 bridgehead atoms. The van der Waals surface area contributed by atoms with Crippen LogP contribution in [0.5, 0.6) is 5.88 Å². The van der Waals surface area contributed by atoms with Crippen LogP contribution in [0.2, 0.25) is 0 Å². The number of hydrogen-bond donors (Lipinski definition) is 4. The Hall–Kier alpha value is -1.68. The van der Waals surface area contributed by atoms with Gasteiger partial charge < -0.3 is 24.8 Å². The summed E-state index contributed by atoms with van der Waals surface area (Å²) >= 11 is 0. The Bertz CT molecular complexity index is 566. The maximum Gasteiger partial charge on any atom is 0.333 e. The van der Waals surface area contributed by atoms with E-state index >= 15 is 0 Å². The van der Waals surface area contributed by atoms with Crippen LogP contribution in [0.1, 0.15) is 6.23 Å². The molecule has 0 radical (unpaired) electrons. The predicted octanol–water partition coefficient (Wildman–Crippen LogP) is -2.84. The SMILES string of the molecule is COc1cc(=O)[nH]c(=O)n1[C@@H]1O[C@H](CO)[C@@H](O)[C@H]1O. The molecular formula is C10H14N2O7. The van der Waals surface area contributed by atoms with Crippen LogP contribution in [0, 0.1) is 0 Å². The number of H-pyrrole nitrogens is 1. The van der Waals surface area contributed by atoms with Crippen LogP contribution in [0.3, 0.4) is 0 Å². The fourth-order valence-electron chi connectivity index (χ4n) is 1.98. The normalized spacial score (nSPS) is 30.5. The monoisotopic (exact) mass is 274 g/mol. The number of methoxy groups -OCH3 is 1. The summed E-state index contributed by atoms with van der Waals surface area (Å²) < 4.78 is 10.9. The summed E-state index contributed by atoms with van der Waals surface area (Å²) in [6.45, 7) is -0.519. The van der Waals surface area contributed by atoms with Crippen molar-refractivity contribution in [1.82, 2.24) is 9.55 Å². The third-order valence-corrected chi connectivity index (χ3v) is 2.92. The number of ether oxygens (including phenoxy) is 2. The Kier molecular flexibility index (Phi) is 3.71. The molecule has 4 atom stereocenters. The number of aromatic amines is 1. The third-order valence-electron chi connectivity index (χ3n) is 2.92. The van der Waals surface area contributed by atoms with E-state index in [-0.39, 0.29) is 5.88 Å². The Morgan fingerprint density at radius 2 is 2.11 bits per heavy atom. The number of nitrogens with zero attached hydrogens (tertiary/aromatic N) is 1. The van der Waals surface area contributed by atoms with Crippen molar-refractivity contribution in [2.75, 3.05) is 13.7 Å². The predicted molar refractivity (Wildman–Crippen MR) is 60.9 cm³/mol. The molecule has 0 unspecified atom stereocenters. The summed E-state index contributed by atoms with van der Waals surface area (Å²) in [5, 5.41) is 28.5. The maximum atomic E-state index is 11.7. The smallest absolute Gasteiger partial charge is 0.333 e. The molecule has 1 fully saturated rings. The molecule has 1 aromatic rings. The van der Waals surface area contributed by atoms with Crippen LogP contribution in [-0.4, -0.2) is 56.9 Å². The molecule has 0 aromatic carbocycles. The van der Waals surface area contributed by atoms with Gasteiger partial charge in [-0.15, -0.1) is 0 Å². The molecule has 2 heterocycles. The van der Waals surface area contributed by atoms with Crippen LogP contribution < -0.4 is 16.0 Å². The number of nitrogens with one attached hydrogen (secondary N) is 1. The highest BCUT2D eigenvalue weighted by atomic mass is 16.6. The molecule has 1 aliphatic rings. The molecule has 0 spiro atoms. The van der Waals surface area contributed by atoms with Gasteiger partial charge in [-0.05, 0) is 0 Å². The van der Waals surface area contributed by atoms with E-state index in [9.17, 15) is 19.8 Å². The number of hydrogen-bond acceptors (Lipinski definition) is 7.